The first-order valence-electron chi connectivity index (χ1n) is 7.81. The predicted molar refractivity (Wildman–Crippen MR) is 104 cm³/mol. The highest BCUT2D eigenvalue weighted by Gasteiger charge is 2.32. The Morgan fingerprint density at radius 1 is 1.08 bits per heavy atom. The van der Waals surface area contributed by atoms with Crippen molar-refractivity contribution < 1.29 is 4.79 Å². The number of amides is 1. The summed E-state index contributed by atoms with van der Waals surface area (Å²) in [6.07, 6.45) is 2.90. The maximum absolute atomic E-state index is 12.6. The molecule has 1 fully saturated rings. The average molecular weight is 355 g/mol. The fourth-order valence-corrected chi connectivity index (χ4v) is 3.59. The summed E-state index contributed by atoms with van der Waals surface area (Å²) >= 11 is 6.66. The predicted octanol–water partition coefficient (Wildman–Crippen LogP) is 4.16. The van der Waals surface area contributed by atoms with Crippen LogP contribution in [0, 0.1) is 0 Å². The van der Waals surface area contributed by atoms with Crippen molar-refractivity contribution >= 4 is 40.3 Å². The standard InChI is InChI=1S/C19H18N2OS2/c1-2-14-8-10-15(11-9-14)12-17-18(22)21(19(23)24-17)20-13-16-6-4-3-5-7-16/h3-12,20H,2,13H2,1H3/b17-12+. The second-order valence-corrected chi connectivity index (χ2v) is 7.11. The zero-order valence-electron chi connectivity index (χ0n) is 13.4. The third-order valence-corrected chi connectivity index (χ3v) is 5.07. The van der Waals surface area contributed by atoms with Gasteiger partial charge in [-0.25, -0.2) is 10.4 Å². The van der Waals surface area contributed by atoms with Gasteiger partial charge in [0.1, 0.15) is 0 Å². The molecule has 0 spiro atoms. The summed E-state index contributed by atoms with van der Waals surface area (Å²) < 4.78 is 0.535. The van der Waals surface area contributed by atoms with Crippen molar-refractivity contribution in [1.82, 2.24) is 10.4 Å². The zero-order valence-corrected chi connectivity index (χ0v) is 15.0. The van der Waals surface area contributed by atoms with Crippen LogP contribution in [-0.4, -0.2) is 15.2 Å². The molecule has 1 aliphatic heterocycles. The Kier molecular flexibility index (Phi) is 5.45. The van der Waals surface area contributed by atoms with E-state index in [1.54, 1.807) is 0 Å². The summed E-state index contributed by atoms with van der Waals surface area (Å²) in [6.45, 7) is 2.68. The number of benzene rings is 2. The van der Waals surface area contributed by atoms with Gasteiger partial charge in [-0.15, -0.1) is 0 Å². The molecule has 1 saturated heterocycles. The number of carbonyl (C=O) groups excluding carboxylic acids is 1. The maximum atomic E-state index is 12.6. The van der Waals surface area contributed by atoms with Crippen LogP contribution in [0.3, 0.4) is 0 Å². The minimum Gasteiger partial charge on any atom is -0.267 e. The van der Waals surface area contributed by atoms with Gasteiger partial charge in [-0.05, 0) is 29.2 Å². The fourth-order valence-electron chi connectivity index (χ4n) is 2.37. The Morgan fingerprint density at radius 3 is 2.46 bits per heavy atom. The molecule has 0 aliphatic carbocycles. The lowest BCUT2D eigenvalue weighted by Gasteiger charge is -2.15. The maximum Gasteiger partial charge on any atom is 0.280 e. The number of rotatable bonds is 5. The van der Waals surface area contributed by atoms with Crippen LogP contribution in [0.4, 0.5) is 0 Å². The van der Waals surface area contributed by atoms with Gasteiger partial charge in [0, 0.05) is 6.54 Å². The Hall–Kier alpha value is -1.95. The van der Waals surface area contributed by atoms with E-state index in [2.05, 4.69) is 24.5 Å². The quantitative estimate of drug-likeness (QED) is 0.646. The van der Waals surface area contributed by atoms with Gasteiger partial charge in [0.2, 0.25) is 0 Å². The molecule has 1 heterocycles. The number of aryl methyl sites for hydroxylation is 1. The van der Waals surface area contributed by atoms with Crippen LogP contribution in [0.15, 0.2) is 59.5 Å². The number of nitrogens with one attached hydrogen (secondary N) is 1. The van der Waals surface area contributed by atoms with E-state index in [-0.39, 0.29) is 5.91 Å². The van der Waals surface area contributed by atoms with Gasteiger partial charge >= 0.3 is 0 Å². The summed E-state index contributed by atoms with van der Waals surface area (Å²) in [5, 5.41) is 1.46. The van der Waals surface area contributed by atoms with Gasteiger partial charge in [-0.1, -0.05) is 85.5 Å². The van der Waals surface area contributed by atoms with E-state index in [0.29, 0.717) is 15.8 Å². The largest absolute Gasteiger partial charge is 0.280 e. The highest BCUT2D eigenvalue weighted by atomic mass is 32.2. The molecule has 1 aliphatic rings. The van der Waals surface area contributed by atoms with Crippen molar-refractivity contribution in [2.75, 3.05) is 0 Å². The first-order valence-corrected chi connectivity index (χ1v) is 9.04. The number of hydrogen-bond acceptors (Lipinski definition) is 4. The minimum absolute atomic E-state index is 0.0968. The number of hydrogen-bond donors (Lipinski definition) is 1. The molecule has 5 heteroatoms. The summed E-state index contributed by atoms with van der Waals surface area (Å²) in [5.74, 6) is -0.0968. The van der Waals surface area contributed by atoms with Crippen molar-refractivity contribution in [1.29, 1.82) is 0 Å². The molecule has 2 aromatic rings. The molecule has 24 heavy (non-hydrogen) atoms. The minimum atomic E-state index is -0.0968. The van der Waals surface area contributed by atoms with Gasteiger partial charge in [0.15, 0.2) is 4.32 Å². The number of thiocarbonyl (C=S) groups is 1. The third-order valence-electron chi connectivity index (χ3n) is 3.76. The summed E-state index contributed by atoms with van der Waals surface area (Å²) in [4.78, 5) is 13.2. The molecule has 122 valence electrons. The van der Waals surface area contributed by atoms with E-state index in [1.165, 1.54) is 22.3 Å². The molecule has 2 aromatic carbocycles. The van der Waals surface area contributed by atoms with Crippen molar-refractivity contribution in [3.05, 3.63) is 76.2 Å². The first kappa shape index (κ1) is 16.9. The molecule has 0 bridgehead atoms. The van der Waals surface area contributed by atoms with Crippen LogP contribution < -0.4 is 5.43 Å². The van der Waals surface area contributed by atoms with Crippen LogP contribution in [-0.2, 0) is 17.8 Å². The van der Waals surface area contributed by atoms with Crippen LogP contribution in [0.5, 0.6) is 0 Å². The number of hydrazine groups is 1. The fraction of sp³-hybridized carbons (Fsp3) is 0.158. The monoisotopic (exact) mass is 354 g/mol. The van der Waals surface area contributed by atoms with Gasteiger partial charge in [0.25, 0.3) is 5.91 Å². The highest BCUT2D eigenvalue weighted by Crippen LogP contribution is 2.31. The molecular weight excluding hydrogens is 336 g/mol. The second-order valence-electron chi connectivity index (χ2n) is 5.43. The molecule has 0 unspecified atom stereocenters. The summed E-state index contributed by atoms with van der Waals surface area (Å²) in [7, 11) is 0. The Morgan fingerprint density at radius 2 is 1.79 bits per heavy atom. The van der Waals surface area contributed by atoms with Crippen LogP contribution in [0.1, 0.15) is 23.6 Å². The van der Waals surface area contributed by atoms with E-state index in [9.17, 15) is 4.79 Å². The number of thioether (sulfide) groups is 1. The lowest BCUT2D eigenvalue weighted by molar-refractivity contribution is -0.124. The number of nitrogens with zero attached hydrogens (tertiary/aromatic N) is 1. The van der Waals surface area contributed by atoms with Crippen LogP contribution in [0.25, 0.3) is 6.08 Å². The molecule has 1 amide bonds. The van der Waals surface area contributed by atoms with Gasteiger partial charge < -0.3 is 0 Å². The van der Waals surface area contributed by atoms with E-state index in [1.807, 2.05) is 48.5 Å². The molecule has 0 radical (unpaired) electrons. The zero-order chi connectivity index (χ0) is 16.9. The SMILES string of the molecule is CCc1ccc(/C=C2/SC(=S)N(NCc3ccccc3)C2=O)cc1. The summed E-state index contributed by atoms with van der Waals surface area (Å²) in [6, 6.07) is 18.2. The number of carbonyl (C=O) groups is 1. The molecule has 0 atom stereocenters. The van der Waals surface area contributed by atoms with E-state index in [4.69, 9.17) is 12.2 Å². The molecule has 3 rings (SSSR count). The van der Waals surface area contributed by atoms with E-state index in [0.717, 1.165) is 17.5 Å². The molecular formula is C19H18N2OS2. The Balaban J connectivity index is 1.69. The average Bonchev–Trinajstić information content (AvgIpc) is 2.88. The molecule has 3 nitrogen and oxygen atoms in total. The second kappa shape index (κ2) is 7.75. The molecule has 1 N–H and O–H groups in total. The highest BCUT2D eigenvalue weighted by molar-refractivity contribution is 8.26. The molecule has 0 saturated carbocycles. The van der Waals surface area contributed by atoms with Crippen molar-refractivity contribution in [3.63, 3.8) is 0 Å². The first-order chi connectivity index (χ1) is 11.7. The van der Waals surface area contributed by atoms with Crippen LogP contribution >= 0.6 is 24.0 Å². The smallest absolute Gasteiger partial charge is 0.267 e. The normalized spacial score (nSPS) is 16.2. The topological polar surface area (TPSA) is 32.3 Å². The van der Waals surface area contributed by atoms with Gasteiger partial charge in [-0.2, -0.15) is 0 Å². The van der Waals surface area contributed by atoms with Crippen molar-refractivity contribution in [3.8, 4) is 0 Å². The van der Waals surface area contributed by atoms with Crippen molar-refractivity contribution in [2.24, 2.45) is 0 Å². The van der Waals surface area contributed by atoms with Gasteiger partial charge in [-0.3, -0.25) is 4.79 Å². The lowest BCUT2D eigenvalue weighted by atomic mass is 10.1. The molecule has 0 aromatic heterocycles. The lowest BCUT2D eigenvalue weighted by Crippen LogP contribution is -2.40. The van der Waals surface area contributed by atoms with Crippen molar-refractivity contribution in [2.45, 2.75) is 19.9 Å². The van der Waals surface area contributed by atoms with Crippen LogP contribution in [0.2, 0.25) is 0 Å². The Bertz CT molecular complexity index is 770. The third kappa shape index (κ3) is 3.93. The van der Waals surface area contributed by atoms with E-state index < -0.39 is 0 Å². The van der Waals surface area contributed by atoms with Gasteiger partial charge in [0.05, 0.1) is 4.91 Å². The Labute approximate surface area is 151 Å². The van der Waals surface area contributed by atoms with E-state index >= 15 is 0 Å². The summed E-state index contributed by atoms with van der Waals surface area (Å²) in [5.41, 5.74) is 6.51.